The van der Waals surface area contributed by atoms with E-state index < -0.39 is 19.7 Å². The van der Waals surface area contributed by atoms with Gasteiger partial charge in [0.1, 0.15) is 0 Å². The molecule has 0 aliphatic rings. The predicted molar refractivity (Wildman–Crippen MR) is 278 cm³/mol. The second-order valence-electron chi connectivity index (χ2n) is 17.5. The average molecular weight is 923 g/mol. The van der Waals surface area contributed by atoms with E-state index in [1.165, 1.54) is 0 Å². The molecule has 0 unspecified atom stereocenters. The summed E-state index contributed by atoms with van der Waals surface area (Å²) < 4.78 is 61.7. The molecule has 0 atom stereocenters. The second kappa shape index (κ2) is 16.5. The van der Waals surface area contributed by atoms with Crippen molar-refractivity contribution >= 4 is 74.3 Å². The Bertz CT molecular complexity index is 3900. The average Bonchev–Trinajstić information content (AvgIpc) is 3.84. The van der Waals surface area contributed by atoms with Crippen molar-refractivity contribution < 1.29 is 16.8 Å². The fourth-order valence-corrected chi connectivity index (χ4v) is 13.4. The van der Waals surface area contributed by atoms with E-state index in [1.54, 1.807) is 24.3 Å². The zero-order valence-corrected chi connectivity index (χ0v) is 39.6. The third-order valence-corrected chi connectivity index (χ3v) is 17.0. The number of fused-ring (bicyclic) bond motifs is 10. The van der Waals surface area contributed by atoms with Crippen LogP contribution < -0.4 is 0 Å². The molecule has 0 aliphatic carbocycles. The molecule has 0 amide bonds. The van der Waals surface area contributed by atoms with Gasteiger partial charge < -0.3 is 8.80 Å². The molecule has 0 saturated carbocycles. The summed E-state index contributed by atoms with van der Waals surface area (Å²) in [6.45, 7) is 8.09. The van der Waals surface area contributed by atoms with Gasteiger partial charge in [0.2, 0.25) is 19.7 Å². The monoisotopic (exact) mass is 922 g/mol. The van der Waals surface area contributed by atoms with Gasteiger partial charge in [0.05, 0.1) is 52.7 Å². The molecule has 332 valence electrons. The molecule has 68 heavy (non-hydrogen) atoms. The van der Waals surface area contributed by atoms with Gasteiger partial charge in [0.15, 0.2) is 0 Å². The van der Waals surface area contributed by atoms with Crippen molar-refractivity contribution in [2.45, 2.75) is 47.3 Å². The third kappa shape index (κ3) is 6.74. The first-order valence-electron chi connectivity index (χ1n) is 22.6. The van der Waals surface area contributed by atoms with Gasteiger partial charge in [-0.15, -0.1) is 0 Å². The van der Waals surface area contributed by atoms with Gasteiger partial charge in [-0.1, -0.05) is 169 Å². The van der Waals surface area contributed by atoms with Crippen molar-refractivity contribution in [1.82, 2.24) is 8.80 Å². The van der Waals surface area contributed by atoms with Crippen LogP contribution in [0.2, 0.25) is 0 Å². The van der Waals surface area contributed by atoms with Gasteiger partial charge in [0.25, 0.3) is 0 Å². The lowest BCUT2D eigenvalue weighted by Gasteiger charge is -2.18. The van der Waals surface area contributed by atoms with E-state index in [-0.39, 0.29) is 0 Å². The van der Waals surface area contributed by atoms with E-state index in [4.69, 9.17) is 0 Å². The number of benzene rings is 8. The summed E-state index contributed by atoms with van der Waals surface area (Å²) in [5.41, 5.74) is 13.2. The minimum absolute atomic E-state index is 0.304. The van der Waals surface area contributed by atoms with Crippen LogP contribution in [0.4, 0.5) is 0 Å². The highest BCUT2D eigenvalue weighted by atomic mass is 32.2. The van der Waals surface area contributed by atoms with Crippen molar-refractivity contribution in [2.75, 3.05) is 0 Å². The van der Waals surface area contributed by atoms with Crippen LogP contribution in [-0.2, 0) is 19.7 Å². The molecule has 0 saturated heterocycles. The molecule has 4 aromatic heterocycles. The van der Waals surface area contributed by atoms with E-state index in [1.807, 2.05) is 172 Å². The van der Waals surface area contributed by atoms with Gasteiger partial charge in [0, 0.05) is 32.7 Å². The summed E-state index contributed by atoms with van der Waals surface area (Å²) in [6.07, 6.45) is 0. The highest BCUT2D eigenvalue weighted by molar-refractivity contribution is 7.92. The second-order valence-corrected chi connectivity index (χ2v) is 21.2. The Balaban J connectivity index is 0.000000149. The molecular formula is C60H46N2O4S2. The number of aromatic nitrogens is 2. The summed E-state index contributed by atoms with van der Waals surface area (Å²) >= 11 is 0. The largest absolute Gasteiger partial charge is 0.308 e. The minimum atomic E-state index is -3.82. The highest BCUT2D eigenvalue weighted by Crippen LogP contribution is 2.46. The molecule has 0 bridgehead atoms. The fourth-order valence-electron chi connectivity index (χ4n) is 10.1. The Labute approximate surface area is 395 Å². The molecule has 0 spiro atoms. The number of para-hydroxylation sites is 4. The van der Waals surface area contributed by atoms with E-state index in [2.05, 4.69) is 46.9 Å². The van der Waals surface area contributed by atoms with Crippen LogP contribution in [0.1, 0.15) is 22.3 Å². The van der Waals surface area contributed by atoms with Crippen molar-refractivity contribution in [1.29, 1.82) is 0 Å². The third-order valence-electron chi connectivity index (χ3n) is 13.3. The SMILES string of the molecule is Cc1ccc(S(=O)(=O)c2c(-c3ccccc3)c3c(C)c4ccccc4n3c3ccccc23)cc1.Cc1ccc(S(=O)(=O)c2c(-c3ccccc3)c3c(C)c4ccccc4n3c3ccccc23)cc1. The number of sulfone groups is 2. The first kappa shape index (κ1) is 42.8. The smallest absolute Gasteiger partial charge is 0.207 e. The zero-order chi connectivity index (χ0) is 46.9. The summed E-state index contributed by atoms with van der Waals surface area (Å²) in [5, 5.41) is 3.68. The van der Waals surface area contributed by atoms with Crippen LogP contribution in [0, 0.1) is 27.7 Å². The summed E-state index contributed by atoms with van der Waals surface area (Å²) in [5.74, 6) is 0. The normalized spacial score (nSPS) is 12.1. The van der Waals surface area contributed by atoms with E-state index >= 15 is 0 Å². The Morgan fingerprint density at radius 3 is 0.926 bits per heavy atom. The number of nitrogens with zero attached hydrogens (tertiary/aromatic N) is 2. The lowest BCUT2D eigenvalue weighted by molar-refractivity contribution is 0.595. The standard InChI is InChI=1S/2C30H23NO2S/c2*1-20-16-18-23(19-17-20)34(32,33)30-25-13-7-9-15-27(25)31-26-14-8-6-12-24(26)21(2)29(31)28(30)22-10-4-3-5-11-22/h2*3-19H,1-2H3. The molecule has 0 radical (unpaired) electrons. The molecule has 0 N–H and O–H groups in total. The number of hydrogen-bond acceptors (Lipinski definition) is 4. The van der Waals surface area contributed by atoms with Crippen LogP contribution in [0.25, 0.3) is 76.9 Å². The van der Waals surface area contributed by atoms with Crippen molar-refractivity contribution in [2.24, 2.45) is 0 Å². The van der Waals surface area contributed by atoms with Crippen molar-refractivity contribution in [3.8, 4) is 22.3 Å². The minimum Gasteiger partial charge on any atom is -0.308 e. The molecular weight excluding hydrogens is 877 g/mol. The van der Waals surface area contributed by atoms with Gasteiger partial charge in [-0.25, -0.2) is 16.8 Å². The van der Waals surface area contributed by atoms with E-state index in [9.17, 15) is 16.8 Å². The summed E-state index contributed by atoms with van der Waals surface area (Å²) in [6, 6.07) is 66.1. The Kier molecular flexibility index (Phi) is 10.4. The fraction of sp³-hybridized carbons (Fsp3) is 0.0667. The molecule has 12 rings (SSSR count). The quantitative estimate of drug-likeness (QED) is 0.166. The summed E-state index contributed by atoms with van der Waals surface area (Å²) in [7, 11) is -7.64. The zero-order valence-electron chi connectivity index (χ0n) is 38.0. The molecule has 6 nitrogen and oxygen atoms in total. The maximum absolute atomic E-state index is 14.3. The Morgan fingerprint density at radius 1 is 0.309 bits per heavy atom. The van der Waals surface area contributed by atoms with Gasteiger partial charge in [-0.3, -0.25) is 0 Å². The lowest BCUT2D eigenvalue weighted by Crippen LogP contribution is -2.08. The van der Waals surface area contributed by atoms with Crippen LogP contribution >= 0.6 is 0 Å². The van der Waals surface area contributed by atoms with Crippen LogP contribution in [-0.4, -0.2) is 25.6 Å². The maximum Gasteiger partial charge on any atom is 0.207 e. The topological polar surface area (TPSA) is 77.1 Å². The predicted octanol–water partition coefficient (Wildman–Crippen LogP) is 14.7. The lowest BCUT2D eigenvalue weighted by atomic mass is 10.0. The Morgan fingerprint density at radius 2 is 0.588 bits per heavy atom. The molecule has 8 heteroatoms. The van der Waals surface area contributed by atoms with Gasteiger partial charge in [-0.2, -0.15) is 0 Å². The first-order chi connectivity index (χ1) is 33.0. The molecule has 0 fully saturated rings. The number of aryl methyl sites for hydroxylation is 4. The Hall–Kier alpha value is -7.78. The molecule has 0 aliphatic heterocycles. The highest BCUT2D eigenvalue weighted by Gasteiger charge is 2.31. The summed E-state index contributed by atoms with van der Waals surface area (Å²) in [4.78, 5) is 1.32. The van der Waals surface area contributed by atoms with E-state index in [0.717, 1.165) is 99.2 Å². The van der Waals surface area contributed by atoms with Crippen LogP contribution in [0.5, 0.6) is 0 Å². The van der Waals surface area contributed by atoms with Gasteiger partial charge >= 0.3 is 0 Å². The first-order valence-corrected chi connectivity index (χ1v) is 25.6. The molecule has 12 aromatic rings. The number of hydrogen-bond donors (Lipinski definition) is 0. The van der Waals surface area contributed by atoms with E-state index in [0.29, 0.717) is 19.6 Å². The maximum atomic E-state index is 14.3. The molecule has 4 heterocycles. The van der Waals surface area contributed by atoms with Crippen molar-refractivity contribution in [3.63, 3.8) is 0 Å². The van der Waals surface area contributed by atoms with Crippen LogP contribution in [0.3, 0.4) is 0 Å². The number of pyridine rings is 2. The van der Waals surface area contributed by atoms with Crippen LogP contribution in [0.15, 0.2) is 226 Å². The molecule has 8 aromatic carbocycles. The number of rotatable bonds is 6. The van der Waals surface area contributed by atoms with Crippen molar-refractivity contribution in [3.05, 3.63) is 229 Å². The van der Waals surface area contributed by atoms with Gasteiger partial charge in [-0.05, 0) is 98.5 Å².